The van der Waals surface area contributed by atoms with Gasteiger partial charge in [-0.1, -0.05) is 11.6 Å². The lowest BCUT2D eigenvalue weighted by Crippen LogP contribution is -2.30. The average Bonchev–Trinajstić information content (AvgIpc) is 2.64. The number of hydrogen-bond acceptors (Lipinski definition) is 5. The lowest BCUT2D eigenvalue weighted by Gasteiger charge is -2.28. The van der Waals surface area contributed by atoms with Crippen molar-refractivity contribution in [3.8, 4) is 11.5 Å². The second-order valence-electron chi connectivity index (χ2n) is 5.79. The van der Waals surface area contributed by atoms with Crippen LogP contribution in [0.4, 0.5) is 14.5 Å². The summed E-state index contributed by atoms with van der Waals surface area (Å²) in [5, 5.41) is 5.72. The maximum Gasteiger partial charge on any atom is 0.387 e. The number of allylic oxidation sites excluding steroid dienone is 1. The van der Waals surface area contributed by atoms with Crippen LogP contribution in [0.1, 0.15) is 24.2 Å². The third-order valence-corrected chi connectivity index (χ3v) is 4.14. The lowest BCUT2D eigenvalue weighted by molar-refractivity contribution is -0.0519. The number of fused-ring (bicyclic) bond motifs is 1. The zero-order valence-electron chi connectivity index (χ0n) is 14.6. The molecule has 10 heteroatoms. The number of anilines is 1. The molecule has 1 aliphatic heterocycles. The van der Waals surface area contributed by atoms with Crippen LogP contribution in [-0.2, 0) is 0 Å². The number of alkyl halides is 3. The van der Waals surface area contributed by atoms with Crippen LogP contribution in [0.2, 0.25) is 0 Å². The van der Waals surface area contributed by atoms with Crippen LogP contribution in [0.15, 0.2) is 28.4 Å². The first-order valence-electron chi connectivity index (χ1n) is 8.09. The summed E-state index contributed by atoms with van der Waals surface area (Å²) in [6.45, 7) is 0.976. The molecule has 0 spiro atoms. The average molecular weight is 422 g/mol. The Bertz CT molecular complexity index is 744. The van der Waals surface area contributed by atoms with E-state index in [0.717, 1.165) is 0 Å². The molecule has 0 bridgehead atoms. The van der Waals surface area contributed by atoms with E-state index in [2.05, 4.69) is 20.4 Å². The van der Waals surface area contributed by atoms with Gasteiger partial charge in [0.15, 0.2) is 11.5 Å². The smallest absolute Gasteiger partial charge is 0.387 e. The molecule has 1 aliphatic rings. The van der Waals surface area contributed by atoms with Crippen LogP contribution < -0.4 is 20.1 Å². The molecule has 0 saturated heterocycles. The Kier molecular flexibility index (Phi) is 7.67. The normalized spacial score (nSPS) is 17.9. The van der Waals surface area contributed by atoms with Crippen molar-refractivity contribution < 1.29 is 23.0 Å². The predicted octanol–water partition coefficient (Wildman–Crippen LogP) is 3.99. The topological polar surface area (TPSA) is 72.0 Å². The Hall–Kier alpha value is -2.06. The molecular formula is C17H19Cl2F2N3O3. The molecule has 148 valence electrons. The zero-order valence-corrected chi connectivity index (χ0v) is 16.2. The number of hydrogen-bond donors (Lipinski definition) is 2. The highest BCUT2D eigenvalue weighted by Gasteiger charge is 2.26. The second-order valence-corrected chi connectivity index (χ2v) is 6.53. The van der Waals surface area contributed by atoms with Gasteiger partial charge < -0.3 is 20.1 Å². The minimum Gasteiger partial charge on any atom is -0.483 e. The monoisotopic (exact) mass is 421 g/mol. The van der Waals surface area contributed by atoms with Crippen molar-refractivity contribution in [3.05, 3.63) is 28.9 Å². The van der Waals surface area contributed by atoms with Crippen molar-refractivity contribution in [1.29, 1.82) is 0 Å². The Morgan fingerprint density at radius 3 is 2.96 bits per heavy atom. The third kappa shape index (κ3) is 5.97. The second kappa shape index (κ2) is 9.75. The van der Waals surface area contributed by atoms with E-state index in [1.165, 1.54) is 24.5 Å². The SMILES string of the molecule is CC(CCl)/N=C\C(Cl)=C\NC(=O)c1ccc(OC(F)F)c2c1NC[C@@H](C)O2. The first-order chi connectivity index (χ1) is 12.8. The van der Waals surface area contributed by atoms with Gasteiger partial charge in [-0.15, -0.1) is 11.6 Å². The van der Waals surface area contributed by atoms with Crippen molar-refractivity contribution >= 4 is 41.0 Å². The van der Waals surface area contributed by atoms with Crippen molar-refractivity contribution in [1.82, 2.24) is 5.32 Å². The summed E-state index contributed by atoms with van der Waals surface area (Å²) in [5.74, 6) is -0.242. The van der Waals surface area contributed by atoms with Crippen LogP contribution in [0, 0.1) is 0 Å². The molecule has 27 heavy (non-hydrogen) atoms. The van der Waals surface area contributed by atoms with Gasteiger partial charge in [0.1, 0.15) is 6.10 Å². The molecule has 1 amide bonds. The molecule has 0 saturated carbocycles. The number of halogens is 4. The van der Waals surface area contributed by atoms with E-state index in [9.17, 15) is 13.6 Å². The number of nitrogens with zero attached hydrogens (tertiary/aromatic N) is 1. The fourth-order valence-corrected chi connectivity index (χ4v) is 2.40. The molecule has 2 rings (SSSR count). The van der Waals surface area contributed by atoms with Gasteiger partial charge in [-0.25, -0.2) is 0 Å². The molecular weight excluding hydrogens is 403 g/mol. The number of nitrogens with one attached hydrogen (secondary N) is 2. The van der Waals surface area contributed by atoms with E-state index in [-0.39, 0.29) is 39.9 Å². The van der Waals surface area contributed by atoms with Gasteiger partial charge in [-0.2, -0.15) is 8.78 Å². The summed E-state index contributed by atoms with van der Waals surface area (Å²) in [5.41, 5.74) is 0.475. The number of benzene rings is 1. The van der Waals surface area contributed by atoms with Crippen LogP contribution in [0.5, 0.6) is 11.5 Å². The number of aliphatic imine (C=N–C) groups is 1. The molecule has 2 atom stereocenters. The molecule has 6 nitrogen and oxygen atoms in total. The molecule has 0 aliphatic carbocycles. The molecule has 0 aromatic heterocycles. The summed E-state index contributed by atoms with van der Waals surface area (Å²) in [7, 11) is 0. The van der Waals surface area contributed by atoms with Crippen molar-refractivity contribution in [2.45, 2.75) is 32.6 Å². The predicted molar refractivity (Wildman–Crippen MR) is 102 cm³/mol. The van der Waals surface area contributed by atoms with Gasteiger partial charge in [0.25, 0.3) is 5.91 Å². The van der Waals surface area contributed by atoms with E-state index >= 15 is 0 Å². The highest BCUT2D eigenvalue weighted by molar-refractivity contribution is 6.39. The van der Waals surface area contributed by atoms with Gasteiger partial charge in [0, 0.05) is 18.3 Å². The number of rotatable bonds is 7. The largest absolute Gasteiger partial charge is 0.483 e. The molecule has 1 aromatic rings. The Morgan fingerprint density at radius 1 is 1.56 bits per heavy atom. The minimum absolute atomic E-state index is 0.0641. The number of carbonyl (C=O) groups is 1. The summed E-state index contributed by atoms with van der Waals surface area (Å²) in [6.07, 6.45) is 2.38. The summed E-state index contributed by atoms with van der Waals surface area (Å²) < 4.78 is 35.2. The van der Waals surface area contributed by atoms with Crippen molar-refractivity contribution in [2.75, 3.05) is 17.7 Å². The fraction of sp³-hybridized carbons (Fsp3) is 0.412. The van der Waals surface area contributed by atoms with Gasteiger partial charge in [0.2, 0.25) is 0 Å². The quantitative estimate of drug-likeness (QED) is 0.515. The molecule has 1 unspecified atom stereocenters. The Morgan fingerprint density at radius 2 is 2.30 bits per heavy atom. The van der Waals surface area contributed by atoms with Crippen LogP contribution >= 0.6 is 23.2 Å². The van der Waals surface area contributed by atoms with Crippen LogP contribution in [0.25, 0.3) is 0 Å². The maximum atomic E-state index is 12.6. The van der Waals surface area contributed by atoms with E-state index in [0.29, 0.717) is 12.4 Å². The third-order valence-electron chi connectivity index (χ3n) is 3.48. The molecule has 2 N–H and O–H groups in total. The Labute approximate surface area is 165 Å². The summed E-state index contributed by atoms with van der Waals surface area (Å²) in [4.78, 5) is 16.5. The molecule has 0 fully saturated rings. The van der Waals surface area contributed by atoms with Gasteiger partial charge in [-0.05, 0) is 26.0 Å². The summed E-state index contributed by atoms with van der Waals surface area (Å²) in [6, 6.07) is 2.51. The molecule has 1 aromatic carbocycles. The summed E-state index contributed by atoms with van der Waals surface area (Å²) >= 11 is 11.6. The van der Waals surface area contributed by atoms with Crippen LogP contribution in [0.3, 0.4) is 0 Å². The highest BCUT2D eigenvalue weighted by Crippen LogP contribution is 2.41. The van der Waals surface area contributed by atoms with E-state index in [1.54, 1.807) is 6.92 Å². The zero-order chi connectivity index (χ0) is 20.0. The maximum absolute atomic E-state index is 12.6. The first kappa shape index (κ1) is 21.2. The van der Waals surface area contributed by atoms with Gasteiger partial charge >= 0.3 is 6.61 Å². The Balaban J connectivity index is 2.21. The van der Waals surface area contributed by atoms with Crippen molar-refractivity contribution in [3.63, 3.8) is 0 Å². The van der Waals surface area contributed by atoms with Crippen LogP contribution in [-0.4, -0.2) is 43.3 Å². The first-order valence-corrected chi connectivity index (χ1v) is 9.01. The number of amides is 1. The van der Waals surface area contributed by atoms with Gasteiger partial charge in [0.05, 0.1) is 28.9 Å². The molecule has 0 radical (unpaired) electrons. The lowest BCUT2D eigenvalue weighted by atomic mass is 10.1. The van der Waals surface area contributed by atoms with Gasteiger partial charge in [-0.3, -0.25) is 9.79 Å². The molecule has 1 heterocycles. The van der Waals surface area contributed by atoms with E-state index in [1.807, 2.05) is 6.92 Å². The number of carbonyl (C=O) groups excluding carboxylic acids is 1. The van der Waals surface area contributed by atoms with Crippen molar-refractivity contribution in [2.24, 2.45) is 4.99 Å². The minimum atomic E-state index is -3.01. The highest BCUT2D eigenvalue weighted by atomic mass is 35.5. The number of ether oxygens (including phenoxy) is 2. The van der Waals surface area contributed by atoms with E-state index in [4.69, 9.17) is 27.9 Å². The van der Waals surface area contributed by atoms with E-state index < -0.39 is 12.5 Å². The fourth-order valence-electron chi connectivity index (χ4n) is 2.21. The standard InChI is InChI=1S/C17H19Cl2F2N3O3/c1-9(5-18)22-7-11(19)8-24-16(25)12-3-4-13(27-17(20)21)15-14(12)23-6-10(2)26-15/h3-4,7-10,17,23H,5-6H2,1-2H3,(H,24,25)/b11-8-,22-7-/t9?,10-/m1/s1.